The zero-order chi connectivity index (χ0) is 18.0. The molecule has 1 fully saturated rings. The van der Waals surface area contributed by atoms with Crippen LogP contribution in [0, 0.1) is 6.92 Å². The van der Waals surface area contributed by atoms with Crippen molar-refractivity contribution in [1.29, 1.82) is 0 Å². The van der Waals surface area contributed by atoms with Crippen LogP contribution in [-0.4, -0.2) is 58.8 Å². The van der Waals surface area contributed by atoms with Crippen LogP contribution in [-0.2, 0) is 23.2 Å². The van der Waals surface area contributed by atoms with Gasteiger partial charge in [-0.1, -0.05) is 18.2 Å². The number of hydrogen-bond acceptors (Lipinski definition) is 6. The molecule has 25 heavy (non-hydrogen) atoms. The minimum atomic E-state index is -3.49. The van der Waals surface area contributed by atoms with Gasteiger partial charge >= 0.3 is 0 Å². The standard InChI is InChI=1S/C16H23N5O3S/c1-3-21-15(12-22)17-18-16(21)19-8-10-20(11-9-19)25(23,24)14-7-5-4-6-13(14)2/h4-7,22H,3,8-12H2,1-2H3. The molecule has 2 heterocycles. The Balaban J connectivity index is 1.76. The lowest BCUT2D eigenvalue weighted by Gasteiger charge is -2.34. The third kappa shape index (κ3) is 3.26. The molecule has 3 rings (SSSR count). The summed E-state index contributed by atoms with van der Waals surface area (Å²) in [6, 6.07) is 7.04. The fourth-order valence-electron chi connectivity index (χ4n) is 3.11. The van der Waals surface area contributed by atoms with E-state index in [2.05, 4.69) is 10.2 Å². The first-order chi connectivity index (χ1) is 12.0. The second kappa shape index (κ2) is 7.11. The zero-order valence-electron chi connectivity index (χ0n) is 14.5. The highest BCUT2D eigenvalue weighted by atomic mass is 32.2. The molecule has 1 aliphatic rings. The summed E-state index contributed by atoms with van der Waals surface area (Å²) in [5.41, 5.74) is 0.753. The highest BCUT2D eigenvalue weighted by Crippen LogP contribution is 2.22. The molecule has 0 bridgehead atoms. The van der Waals surface area contributed by atoms with Crippen LogP contribution in [0.15, 0.2) is 29.2 Å². The van der Waals surface area contributed by atoms with Gasteiger partial charge in [-0.25, -0.2) is 8.42 Å². The molecule has 1 aromatic carbocycles. The van der Waals surface area contributed by atoms with E-state index in [1.165, 1.54) is 4.31 Å². The molecule has 1 saturated heterocycles. The summed E-state index contributed by atoms with van der Waals surface area (Å²) in [4.78, 5) is 2.38. The number of sulfonamides is 1. The van der Waals surface area contributed by atoms with Gasteiger partial charge in [-0.05, 0) is 25.5 Å². The van der Waals surface area contributed by atoms with Gasteiger partial charge in [-0.2, -0.15) is 4.31 Å². The molecular weight excluding hydrogens is 342 g/mol. The van der Waals surface area contributed by atoms with E-state index in [0.29, 0.717) is 49.4 Å². The Morgan fingerprint density at radius 3 is 2.40 bits per heavy atom. The first kappa shape index (κ1) is 17.8. The van der Waals surface area contributed by atoms with E-state index >= 15 is 0 Å². The SMILES string of the molecule is CCn1c(CO)nnc1N1CCN(S(=O)(=O)c2ccccc2C)CC1. The van der Waals surface area contributed by atoms with Crippen molar-refractivity contribution in [3.05, 3.63) is 35.7 Å². The number of rotatable bonds is 5. The Bertz CT molecular complexity index is 841. The van der Waals surface area contributed by atoms with E-state index in [-0.39, 0.29) is 6.61 Å². The maximum atomic E-state index is 12.9. The molecule has 0 unspecified atom stereocenters. The lowest BCUT2D eigenvalue weighted by molar-refractivity contribution is 0.265. The fourth-order valence-corrected chi connectivity index (χ4v) is 4.76. The summed E-state index contributed by atoms with van der Waals surface area (Å²) in [6.45, 7) is 6.11. The summed E-state index contributed by atoms with van der Waals surface area (Å²) >= 11 is 0. The van der Waals surface area contributed by atoms with Crippen molar-refractivity contribution in [2.45, 2.75) is 31.9 Å². The quantitative estimate of drug-likeness (QED) is 0.835. The zero-order valence-corrected chi connectivity index (χ0v) is 15.3. The van der Waals surface area contributed by atoms with Crippen LogP contribution in [0.1, 0.15) is 18.3 Å². The van der Waals surface area contributed by atoms with Gasteiger partial charge in [0, 0.05) is 32.7 Å². The molecule has 0 saturated carbocycles. The van der Waals surface area contributed by atoms with E-state index in [4.69, 9.17) is 0 Å². The third-order valence-electron chi connectivity index (χ3n) is 4.50. The maximum absolute atomic E-state index is 12.9. The van der Waals surface area contributed by atoms with Gasteiger partial charge in [0.25, 0.3) is 0 Å². The first-order valence-corrected chi connectivity index (χ1v) is 9.76. The van der Waals surface area contributed by atoms with Crippen LogP contribution in [0.2, 0.25) is 0 Å². The molecule has 8 nitrogen and oxygen atoms in total. The number of aliphatic hydroxyl groups excluding tert-OH is 1. The van der Waals surface area contributed by atoms with Crippen molar-refractivity contribution in [2.24, 2.45) is 0 Å². The van der Waals surface area contributed by atoms with Crippen LogP contribution < -0.4 is 4.90 Å². The van der Waals surface area contributed by atoms with Gasteiger partial charge in [0.15, 0.2) is 5.82 Å². The molecule has 1 aromatic heterocycles. The van der Waals surface area contributed by atoms with Crippen molar-refractivity contribution in [3.8, 4) is 0 Å². The number of aliphatic hydroxyl groups is 1. The number of benzene rings is 1. The van der Waals surface area contributed by atoms with Crippen molar-refractivity contribution in [2.75, 3.05) is 31.1 Å². The molecule has 0 aliphatic carbocycles. The summed E-state index contributed by atoms with van der Waals surface area (Å²) < 4.78 is 29.1. The Morgan fingerprint density at radius 1 is 1.12 bits per heavy atom. The highest BCUT2D eigenvalue weighted by Gasteiger charge is 2.31. The van der Waals surface area contributed by atoms with Gasteiger partial charge in [0.05, 0.1) is 4.90 Å². The smallest absolute Gasteiger partial charge is 0.243 e. The van der Waals surface area contributed by atoms with Gasteiger partial charge in [0.2, 0.25) is 16.0 Å². The van der Waals surface area contributed by atoms with E-state index < -0.39 is 10.0 Å². The number of aryl methyl sites for hydroxylation is 1. The van der Waals surface area contributed by atoms with Crippen LogP contribution >= 0.6 is 0 Å². The van der Waals surface area contributed by atoms with Crippen molar-refractivity contribution in [1.82, 2.24) is 19.1 Å². The second-order valence-corrected chi connectivity index (χ2v) is 7.88. The van der Waals surface area contributed by atoms with E-state index in [1.54, 1.807) is 12.1 Å². The average Bonchev–Trinajstić information content (AvgIpc) is 3.05. The van der Waals surface area contributed by atoms with E-state index in [1.807, 2.05) is 35.4 Å². The van der Waals surface area contributed by atoms with Crippen LogP contribution in [0.5, 0.6) is 0 Å². The Kier molecular flexibility index (Phi) is 5.07. The van der Waals surface area contributed by atoms with Crippen molar-refractivity contribution < 1.29 is 13.5 Å². The first-order valence-electron chi connectivity index (χ1n) is 8.32. The van der Waals surface area contributed by atoms with Crippen LogP contribution in [0.4, 0.5) is 5.95 Å². The molecule has 0 radical (unpaired) electrons. The molecular formula is C16H23N5O3S. The summed E-state index contributed by atoms with van der Waals surface area (Å²) in [7, 11) is -3.49. The van der Waals surface area contributed by atoms with E-state index in [0.717, 1.165) is 5.56 Å². The third-order valence-corrected chi connectivity index (χ3v) is 6.56. The normalized spacial score (nSPS) is 16.4. The average molecular weight is 365 g/mol. The van der Waals surface area contributed by atoms with Crippen LogP contribution in [0.3, 0.4) is 0 Å². The number of anilines is 1. The fraction of sp³-hybridized carbons (Fsp3) is 0.500. The summed E-state index contributed by atoms with van der Waals surface area (Å²) in [5.74, 6) is 1.20. The van der Waals surface area contributed by atoms with Crippen molar-refractivity contribution >= 4 is 16.0 Å². The van der Waals surface area contributed by atoms with Gasteiger partial charge in [-0.15, -0.1) is 10.2 Å². The minimum Gasteiger partial charge on any atom is -0.388 e. The lowest BCUT2D eigenvalue weighted by atomic mass is 10.2. The molecule has 1 N–H and O–H groups in total. The Labute approximate surface area is 147 Å². The number of aromatic nitrogens is 3. The summed E-state index contributed by atoms with van der Waals surface area (Å²) in [5, 5.41) is 17.5. The van der Waals surface area contributed by atoms with Gasteiger partial charge < -0.3 is 10.0 Å². The monoisotopic (exact) mass is 365 g/mol. The number of hydrogen-bond donors (Lipinski definition) is 1. The predicted molar refractivity (Wildman–Crippen MR) is 93.8 cm³/mol. The lowest BCUT2D eigenvalue weighted by Crippen LogP contribution is -2.49. The summed E-state index contributed by atoms with van der Waals surface area (Å²) in [6.07, 6.45) is 0. The molecule has 9 heteroatoms. The van der Waals surface area contributed by atoms with Crippen molar-refractivity contribution in [3.63, 3.8) is 0 Å². The largest absolute Gasteiger partial charge is 0.388 e. The Morgan fingerprint density at radius 2 is 1.80 bits per heavy atom. The molecule has 1 aliphatic heterocycles. The molecule has 0 atom stereocenters. The Hall–Kier alpha value is -1.97. The molecule has 2 aromatic rings. The maximum Gasteiger partial charge on any atom is 0.243 e. The second-order valence-electron chi connectivity index (χ2n) is 5.98. The number of piperazine rings is 1. The molecule has 136 valence electrons. The number of nitrogens with zero attached hydrogens (tertiary/aromatic N) is 5. The van der Waals surface area contributed by atoms with Gasteiger partial charge in [-0.3, -0.25) is 4.57 Å². The molecule has 0 amide bonds. The van der Waals surface area contributed by atoms with Crippen LogP contribution in [0.25, 0.3) is 0 Å². The highest BCUT2D eigenvalue weighted by molar-refractivity contribution is 7.89. The molecule has 0 spiro atoms. The topological polar surface area (TPSA) is 91.6 Å². The minimum absolute atomic E-state index is 0.164. The predicted octanol–water partition coefficient (Wildman–Crippen LogP) is 0.610. The van der Waals surface area contributed by atoms with E-state index in [9.17, 15) is 13.5 Å². The van der Waals surface area contributed by atoms with Gasteiger partial charge in [0.1, 0.15) is 6.61 Å².